The quantitative estimate of drug-likeness (QED) is 0.761. The predicted octanol–water partition coefficient (Wildman–Crippen LogP) is 3.19. The van der Waals surface area contributed by atoms with Crippen molar-refractivity contribution in [2.45, 2.75) is 45.8 Å². The summed E-state index contributed by atoms with van der Waals surface area (Å²) in [7, 11) is 0. The third kappa shape index (κ3) is 4.87. The molecule has 1 aromatic carbocycles. The van der Waals surface area contributed by atoms with Gasteiger partial charge in [-0.1, -0.05) is 30.3 Å². The highest BCUT2D eigenvalue weighted by Crippen LogP contribution is 2.36. The molecule has 6 heteroatoms. The van der Waals surface area contributed by atoms with E-state index in [1.807, 2.05) is 51.1 Å². The molecule has 2 atom stereocenters. The van der Waals surface area contributed by atoms with Crippen LogP contribution in [0.4, 0.5) is 4.79 Å². The van der Waals surface area contributed by atoms with Gasteiger partial charge in [0.15, 0.2) is 0 Å². The molecule has 2 fully saturated rings. The Labute approximate surface area is 159 Å². The molecule has 3 rings (SSSR count). The van der Waals surface area contributed by atoms with Gasteiger partial charge in [-0.2, -0.15) is 0 Å². The number of benzene rings is 1. The number of carbonyl (C=O) groups is 3. The smallest absolute Gasteiger partial charge is 0.410 e. The summed E-state index contributed by atoms with van der Waals surface area (Å²) in [6, 6.07) is 9.53. The molecule has 27 heavy (non-hydrogen) atoms. The number of nitrogens with zero attached hydrogens (tertiary/aromatic N) is 1. The molecule has 6 nitrogen and oxygen atoms in total. The summed E-state index contributed by atoms with van der Waals surface area (Å²) in [5, 5.41) is 0. The number of hydrogen-bond acceptors (Lipinski definition) is 5. The van der Waals surface area contributed by atoms with Crippen molar-refractivity contribution in [2.75, 3.05) is 13.1 Å². The first-order valence-electron chi connectivity index (χ1n) is 9.45. The van der Waals surface area contributed by atoms with Crippen LogP contribution in [0.15, 0.2) is 30.3 Å². The fourth-order valence-corrected chi connectivity index (χ4v) is 3.80. The number of rotatable bonds is 3. The highest BCUT2D eigenvalue weighted by molar-refractivity contribution is 5.89. The van der Waals surface area contributed by atoms with E-state index in [9.17, 15) is 14.4 Å². The van der Waals surface area contributed by atoms with E-state index in [1.165, 1.54) is 0 Å². The minimum absolute atomic E-state index is 0.155. The lowest BCUT2D eigenvalue weighted by Gasteiger charge is -2.42. The first kappa shape index (κ1) is 19.4. The van der Waals surface area contributed by atoms with Crippen molar-refractivity contribution in [3.05, 3.63) is 35.9 Å². The molecule has 1 saturated carbocycles. The van der Waals surface area contributed by atoms with Crippen LogP contribution in [0.3, 0.4) is 0 Å². The lowest BCUT2D eigenvalue weighted by Crippen LogP contribution is -2.54. The van der Waals surface area contributed by atoms with Gasteiger partial charge in [0.25, 0.3) is 0 Å². The van der Waals surface area contributed by atoms with Gasteiger partial charge in [0.2, 0.25) is 0 Å². The number of Topliss-reactive ketones (excluding diaryl/α,β-unsaturated/α-hetero) is 1. The summed E-state index contributed by atoms with van der Waals surface area (Å²) in [5.74, 6) is -1.03. The van der Waals surface area contributed by atoms with E-state index >= 15 is 0 Å². The molecule has 0 spiro atoms. The minimum Gasteiger partial charge on any atom is -0.461 e. The normalized spacial score (nSPS) is 25.1. The third-order valence-electron chi connectivity index (χ3n) is 5.03. The number of hydrogen-bond donors (Lipinski definition) is 0. The molecular formula is C21H27NO5. The van der Waals surface area contributed by atoms with Gasteiger partial charge in [-0.25, -0.2) is 4.79 Å². The monoisotopic (exact) mass is 373 g/mol. The summed E-state index contributed by atoms with van der Waals surface area (Å²) in [5.41, 5.74) is 0.367. The van der Waals surface area contributed by atoms with Crippen LogP contribution >= 0.6 is 0 Å². The molecule has 1 heterocycles. The van der Waals surface area contributed by atoms with E-state index in [1.54, 1.807) is 4.90 Å². The maximum Gasteiger partial charge on any atom is 0.410 e. The largest absolute Gasteiger partial charge is 0.461 e. The molecule has 1 aromatic rings. The van der Waals surface area contributed by atoms with Crippen molar-refractivity contribution >= 4 is 17.8 Å². The summed E-state index contributed by atoms with van der Waals surface area (Å²) >= 11 is 0. The van der Waals surface area contributed by atoms with Gasteiger partial charge in [0.05, 0.1) is 5.92 Å². The van der Waals surface area contributed by atoms with Crippen molar-refractivity contribution in [1.82, 2.24) is 4.90 Å². The molecule has 0 radical (unpaired) electrons. The van der Waals surface area contributed by atoms with Gasteiger partial charge in [-0.15, -0.1) is 0 Å². The van der Waals surface area contributed by atoms with Crippen molar-refractivity contribution in [1.29, 1.82) is 0 Å². The Hall–Kier alpha value is -2.37. The van der Waals surface area contributed by atoms with Crippen molar-refractivity contribution in [3.8, 4) is 0 Å². The summed E-state index contributed by atoms with van der Waals surface area (Å²) in [6.45, 7) is 6.32. The Bertz CT molecular complexity index is 691. The van der Waals surface area contributed by atoms with Crippen LogP contribution in [0.25, 0.3) is 0 Å². The van der Waals surface area contributed by atoms with Crippen LogP contribution in [0.2, 0.25) is 0 Å². The lowest BCUT2D eigenvalue weighted by molar-refractivity contribution is -0.155. The highest BCUT2D eigenvalue weighted by Gasteiger charge is 2.46. The van der Waals surface area contributed by atoms with Crippen molar-refractivity contribution in [3.63, 3.8) is 0 Å². The van der Waals surface area contributed by atoms with Gasteiger partial charge >= 0.3 is 12.1 Å². The number of esters is 1. The fourth-order valence-electron chi connectivity index (χ4n) is 3.80. The molecule has 1 aliphatic heterocycles. The van der Waals surface area contributed by atoms with Crippen molar-refractivity contribution < 1.29 is 23.9 Å². The Morgan fingerprint density at radius 1 is 1.07 bits per heavy atom. The molecule has 1 saturated heterocycles. The van der Waals surface area contributed by atoms with E-state index in [4.69, 9.17) is 9.47 Å². The topological polar surface area (TPSA) is 72.9 Å². The number of fused-ring (bicyclic) bond motifs is 2. The van der Waals surface area contributed by atoms with Gasteiger partial charge in [0, 0.05) is 24.9 Å². The summed E-state index contributed by atoms with van der Waals surface area (Å²) < 4.78 is 10.9. The van der Waals surface area contributed by atoms with E-state index in [0.717, 1.165) is 5.56 Å². The second kappa shape index (κ2) is 7.71. The highest BCUT2D eigenvalue weighted by atomic mass is 16.6. The average molecular weight is 373 g/mol. The van der Waals surface area contributed by atoms with Crippen molar-refractivity contribution in [2.24, 2.45) is 17.8 Å². The summed E-state index contributed by atoms with van der Waals surface area (Å²) in [4.78, 5) is 38.9. The lowest BCUT2D eigenvalue weighted by atomic mass is 9.71. The number of ether oxygens (including phenoxy) is 2. The summed E-state index contributed by atoms with van der Waals surface area (Å²) in [6.07, 6.45) is 0.472. The Kier molecular flexibility index (Phi) is 5.53. The average Bonchev–Trinajstić information content (AvgIpc) is 2.58. The van der Waals surface area contributed by atoms with Crippen LogP contribution < -0.4 is 0 Å². The standard InChI is InChI=1S/C21H27NO5/c1-21(2,3)27-20(25)22-11-16-9-15(10-17(12-22)18(16)23)19(24)26-13-14-7-5-4-6-8-14/h4-8,15-17H,9-13H2,1-3H3. The SMILES string of the molecule is CC(C)(C)OC(=O)N1CC2CC(C(=O)OCc3ccccc3)CC(C1)C2=O. The second-order valence-electron chi connectivity index (χ2n) is 8.44. The van der Waals surface area contributed by atoms with Crippen LogP contribution in [-0.4, -0.2) is 41.4 Å². The molecule has 146 valence electrons. The minimum atomic E-state index is -0.572. The predicted molar refractivity (Wildman–Crippen MR) is 98.8 cm³/mol. The van der Waals surface area contributed by atoms with E-state index in [0.29, 0.717) is 25.9 Å². The Morgan fingerprint density at radius 3 is 2.22 bits per heavy atom. The van der Waals surface area contributed by atoms with E-state index in [2.05, 4.69) is 0 Å². The van der Waals surface area contributed by atoms with E-state index < -0.39 is 11.7 Å². The van der Waals surface area contributed by atoms with Crippen LogP contribution in [0.5, 0.6) is 0 Å². The van der Waals surface area contributed by atoms with E-state index in [-0.39, 0.29) is 36.1 Å². The fraction of sp³-hybridized carbons (Fsp3) is 0.571. The maximum absolute atomic E-state index is 12.5. The molecule has 1 aliphatic carbocycles. The van der Waals surface area contributed by atoms with Crippen LogP contribution in [0, 0.1) is 17.8 Å². The second-order valence-corrected chi connectivity index (χ2v) is 8.44. The number of amides is 1. The first-order chi connectivity index (χ1) is 12.7. The Balaban J connectivity index is 1.57. The van der Waals surface area contributed by atoms with Gasteiger partial charge in [-0.05, 0) is 39.2 Å². The van der Waals surface area contributed by atoms with Gasteiger partial charge in [0.1, 0.15) is 18.0 Å². The zero-order chi connectivity index (χ0) is 19.6. The molecule has 0 N–H and O–H groups in total. The molecular weight excluding hydrogens is 346 g/mol. The zero-order valence-corrected chi connectivity index (χ0v) is 16.1. The first-order valence-corrected chi connectivity index (χ1v) is 9.45. The molecule has 2 aliphatic rings. The number of carbonyl (C=O) groups excluding carboxylic acids is 3. The van der Waals surface area contributed by atoms with Gasteiger partial charge < -0.3 is 14.4 Å². The Morgan fingerprint density at radius 2 is 1.67 bits per heavy atom. The third-order valence-corrected chi connectivity index (χ3v) is 5.03. The molecule has 2 unspecified atom stereocenters. The number of ketones is 1. The van der Waals surface area contributed by atoms with Crippen LogP contribution in [-0.2, 0) is 25.7 Å². The number of likely N-dealkylation sites (tertiary alicyclic amines) is 1. The molecule has 0 aromatic heterocycles. The van der Waals surface area contributed by atoms with Crippen LogP contribution in [0.1, 0.15) is 39.2 Å². The van der Waals surface area contributed by atoms with Gasteiger partial charge in [-0.3, -0.25) is 9.59 Å². The zero-order valence-electron chi connectivity index (χ0n) is 16.1. The maximum atomic E-state index is 12.5. The molecule has 1 amide bonds. The number of piperidine rings is 1. The molecule has 2 bridgehead atoms.